The van der Waals surface area contributed by atoms with Crippen molar-refractivity contribution in [2.24, 2.45) is 0 Å². The molecule has 1 aromatic carbocycles. The molecule has 0 aliphatic rings. The third-order valence-corrected chi connectivity index (χ3v) is 5.68. The Bertz CT molecular complexity index is 1210. The van der Waals surface area contributed by atoms with Crippen molar-refractivity contribution in [3.63, 3.8) is 0 Å². The predicted octanol–water partition coefficient (Wildman–Crippen LogP) is 4.62. The lowest BCUT2D eigenvalue weighted by atomic mass is 10.1. The number of hydrogen-bond donors (Lipinski definition) is 0. The van der Waals surface area contributed by atoms with Crippen LogP contribution in [0, 0.1) is 6.92 Å². The average molecular weight is 515 g/mol. The number of esters is 1. The van der Waals surface area contributed by atoms with Crippen LogP contribution in [0.1, 0.15) is 40.5 Å². The van der Waals surface area contributed by atoms with Crippen LogP contribution in [0.3, 0.4) is 0 Å². The van der Waals surface area contributed by atoms with Gasteiger partial charge in [0, 0.05) is 38.6 Å². The van der Waals surface area contributed by atoms with Gasteiger partial charge in [-0.25, -0.2) is 9.78 Å². The van der Waals surface area contributed by atoms with E-state index >= 15 is 0 Å². The molecule has 3 rings (SSSR count). The van der Waals surface area contributed by atoms with Gasteiger partial charge in [-0.15, -0.1) is 0 Å². The topological polar surface area (TPSA) is 88.9 Å². The van der Waals surface area contributed by atoms with Crippen molar-refractivity contribution in [2.45, 2.75) is 39.8 Å². The maximum Gasteiger partial charge on any atom is 0.343 e. The van der Waals surface area contributed by atoms with Crippen LogP contribution < -0.4 is 14.9 Å². The monoisotopic (exact) mass is 514 g/mol. The normalized spacial score (nSPS) is 10.8. The number of methoxy groups -OCH3 is 1. The van der Waals surface area contributed by atoms with Crippen LogP contribution in [-0.4, -0.2) is 42.5 Å². The van der Waals surface area contributed by atoms with Crippen molar-refractivity contribution in [2.75, 3.05) is 26.9 Å². The molecule has 0 saturated carbocycles. The first-order chi connectivity index (χ1) is 17.4. The second-order valence-electron chi connectivity index (χ2n) is 8.06. The van der Waals surface area contributed by atoms with Crippen LogP contribution >= 0.6 is 11.6 Å². The predicted molar refractivity (Wildman–Crippen MR) is 137 cm³/mol. The number of aryl methyl sites for hydroxylation is 3. The summed E-state index contributed by atoms with van der Waals surface area (Å²) in [5.74, 6) is -0.0950. The number of hydrogen-bond acceptors (Lipinski definition) is 7. The fraction of sp³-hybridized carbons (Fsp3) is 0.370. The number of carbonyl (C=O) groups is 1. The summed E-state index contributed by atoms with van der Waals surface area (Å²) in [4.78, 5) is 29.8. The molecular weight excluding hydrogens is 484 g/mol. The van der Waals surface area contributed by atoms with E-state index in [1.165, 1.54) is 6.20 Å². The number of rotatable bonds is 13. The van der Waals surface area contributed by atoms with Crippen molar-refractivity contribution < 1.29 is 23.7 Å². The van der Waals surface area contributed by atoms with E-state index in [1.807, 2.05) is 43.3 Å². The molecule has 3 aromatic rings. The molecule has 0 radical (unpaired) electrons. The van der Waals surface area contributed by atoms with Crippen molar-refractivity contribution >= 4 is 17.6 Å². The minimum absolute atomic E-state index is 0.0736. The molecule has 0 N–H and O–H groups in total. The van der Waals surface area contributed by atoms with E-state index in [2.05, 4.69) is 4.98 Å². The molecule has 8 nitrogen and oxygen atoms in total. The summed E-state index contributed by atoms with van der Waals surface area (Å²) in [7, 11) is 1.64. The van der Waals surface area contributed by atoms with E-state index in [-0.39, 0.29) is 24.5 Å². The fourth-order valence-corrected chi connectivity index (χ4v) is 3.75. The van der Waals surface area contributed by atoms with Gasteiger partial charge in [-0.1, -0.05) is 41.9 Å². The summed E-state index contributed by atoms with van der Waals surface area (Å²) in [6, 6.07) is 11.4. The number of ether oxygens (including phenoxy) is 4. The van der Waals surface area contributed by atoms with Crippen LogP contribution in [0.15, 0.2) is 53.6 Å². The number of pyridine rings is 2. The average Bonchev–Trinajstić information content (AvgIpc) is 2.87. The highest BCUT2D eigenvalue weighted by Crippen LogP contribution is 2.26. The Kier molecular flexibility index (Phi) is 10.3. The SMILES string of the molecule is CCOC(=O)c1cn(CCc2cc(OCCCOC)c(Cl)nc2C)cc(OCc2ccccc2)c1=O. The molecule has 192 valence electrons. The fourth-order valence-electron chi connectivity index (χ4n) is 3.51. The smallest absolute Gasteiger partial charge is 0.343 e. The molecule has 2 aromatic heterocycles. The number of aromatic nitrogens is 2. The van der Waals surface area contributed by atoms with Crippen LogP contribution in [0.25, 0.3) is 0 Å². The molecule has 0 aliphatic heterocycles. The molecule has 9 heteroatoms. The van der Waals surface area contributed by atoms with Gasteiger partial charge in [-0.2, -0.15) is 0 Å². The summed E-state index contributed by atoms with van der Waals surface area (Å²) in [6.07, 6.45) is 4.40. The van der Waals surface area contributed by atoms with Crippen LogP contribution in [0.4, 0.5) is 0 Å². The molecule has 0 fully saturated rings. The Morgan fingerprint density at radius 3 is 2.58 bits per heavy atom. The third-order valence-electron chi connectivity index (χ3n) is 5.41. The van der Waals surface area contributed by atoms with Crippen LogP contribution in [0.5, 0.6) is 11.5 Å². The number of nitrogens with zero attached hydrogens (tertiary/aromatic N) is 2. The molecule has 2 heterocycles. The number of benzene rings is 1. The summed E-state index contributed by atoms with van der Waals surface area (Å²) < 4.78 is 23.5. The van der Waals surface area contributed by atoms with Gasteiger partial charge in [0.2, 0.25) is 5.43 Å². The molecule has 0 unspecified atom stereocenters. The molecule has 0 amide bonds. The molecule has 0 aliphatic carbocycles. The van der Waals surface area contributed by atoms with E-state index in [0.29, 0.717) is 37.1 Å². The van der Waals surface area contributed by atoms with Gasteiger partial charge in [0.05, 0.1) is 19.4 Å². The Balaban J connectivity index is 1.81. The summed E-state index contributed by atoms with van der Waals surface area (Å²) in [6.45, 7) is 5.44. The van der Waals surface area contributed by atoms with Crippen molar-refractivity contribution in [1.82, 2.24) is 9.55 Å². The lowest BCUT2D eigenvalue weighted by molar-refractivity contribution is 0.0523. The lowest BCUT2D eigenvalue weighted by Gasteiger charge is -2.15. The molecule has 0 spiro atoms. The quantitative estimate of drug-likeness (QED) is 0.187. The Morgan fingerprint density at radius 2 is 1.86 bits per heavy atom. The van der Waals surface area contributed by atoms with Gasteiger partial charge in [-0.3, -0.25) is 4.79 Å². The van der Waals surface area contributed by atoms with Crippen molar-refractivity contribution in [1.29, 1.82) is 0 Å². The van der Waals surface area contributed by atoms with Crippen molar-refractivity contribution in [3.05, 3.63) is 86.6 Å². The maximum absolute atomic E-state index is 12.9. The highest BCUT2D eigenvalue weighted by atomic mass is 35.5. The molecule has 36 heavy (non-hydrogen) atoms. The highest BCUT2D eigenvalue weighted by molar-refractivity contribution is 6.30. The standard InChI is InChI=1S/C27H31ClN2O6/c1-4-34-27(32)22-16-30(17-24(25(22)31)36-18-20-9-6-5-7-10-20)12-11-21-15-23(26(28)29-19(21)2)35-14-8-13-33-3/h5-7,9-10,15-17H,4,8,11-14,18H2,1-3H3. The van der Waals surface area contributed by atoms with E-state index in [1.54, 1.807) is 24.8 Å². The highest BCUT2D eigenvalue weighted by Gasteiger charge is 2.18. The molecular formula is C27H31ClN2O6. The van der Waals surface area contributed by atoms with Gasteiger partial charge in [0.15, 0.2) is 16.7 Å². The van der Waals surface area contributed by atoms with Crippen LogP contribution in [-0.2, 0) is 29.0 Å². The second-order valence-corrected chi connectivity index (χ2v) is 8.42. The van der Waals surface area contributed by atoms with Gasteiger partial charge in [0.1, 0.15) is 12.2 Å². The van der Waals surface area contributed by atoms with Gasteiger partial charge >= 0.3 is 5.97 Å². The van der Waals surface area contributed by atoms with Crippen molar-refractivity contribution in [3.8, 4) is 11.5 Å². The van der Waals surface area contributed by atoms with Gasteiger partial charge in [0.25, 0.3) is 0 Å². The molecule has 0 saturated heterocycles. The van der Waals surface area contributed by atoms with Gasteiger partial charge < -0.3 is 23.5 Å². The second kappa shape index (κ2) is 13.7. The third kappa shape index (κ3) is 7.57. The first kappa shape index (κ1) is 27.2. The number of halogens is 1. The first-order valence-corrected chi connectivity index (χ1v) is 12.2. The Morgan fingerprint density at radius 1 is 1.08 bits per heavy atom. The minimum Gasteiger partial charge on any atom is -0.490 e. The summed E-state index contributed by atoms with van der Waals surface area (Å²) >= 11 is 6.27. The first-order valence-electron chi connectivity index (χ1n) is 11.8. The lowest BCUT2D eigenvalue weighted by Crippen LogP contribution is -2.22. The van der Waals surface area contributed by atoms with E-state index < -0.39 is 11.4 Å². The number of carbonyl (C=O) groups excluding carboxylic acids is 1. The zero-order valence-corrected chi connectivity index (χ0v) is 21.5. The molecule has 0 bridgehead atoms. The van der Waals surface area contributed by atoms with Gasteiger partial charge in [-0.05, 0) is 37.5 Å². The summed E-state index contributed by atoms with van der Waals surface area (Å²) in [5, 5.41) is 0.304. The zero-order chi connectivity index (χ0) is 25.9. The van der Waals surface area contributed by atoms with E-state index in [4.69, 9.17) is 30.5 Å². The zero-order valence-electron chi connectivity index (χ0n) is 20.8. The minimum atomic E-state index is -0.683. The largest absolute Gasteiger partial charge is 0.490 e. The van der Waals surface area contributed by atoms with E-state index in [9.17, 15) is 9.59 Å². The Labute approximate surface area is 215 Å². The maximum atomic E-state index is 12.9. The van der Waals surface area contributed by atoms with E-state index in [0.717, 1.165) is 23.2 Å². The molecule has 0 atom stereocenters. The summed E-state index contributed by atoms with van der Waals surface area (Å²) in [5.41, 5.74) is 2.04. The van der Waals surface area contributed by atoms with Crippen LogP contribution in [0.2, 0.25) is 5.15 Å². The Hall–Kier alpha value is -3.36.